The van der Waals surface area contributed by atoms with Crippen LogP contribution in [-0.4, -0.2) is 11.2 Å². The SMILES string of the molecule is CC/C=C(\C=N/C(C)Br)C1CC1. The first-order valence-electron chi connectivity index (χ1n) is 4.61. The third kappa shape index (κ3) is 3.53. The lowest BCUT2D eigenvalue weighted by atomic mass is 10.1. The second-order valence-electron chi connectivity index (χ2n) is 3.24. The van der Waals surface area contributed by atoms with Gasteiger partial charge in [-0.3, -0.25) is 4.99 Å². The van der Waals surface area contributed by atoms with Gasteiger partial charge in [0.1, 0.15) is 4.95 Å². The van der Waals surface area contributed by atoms with Crippen LogP contribution < -0.4 is 0 Å². The Kier molecular flexibility index (Phi) is 3.99. The van der Waals surface area contributed by atoms with E-state index in [9.17, 15) is 0 Å². The highest BCUT2D eigenvalue weighted by molar-refractivity contribution is 9.09. The number of alkyl halides is 1. The molecule has 0 spiro atoms. The second-order valence-corrected chi connectivity index (χ2v) is 4.56. The summed E-state index contributed by atoms with van der Waals surface area (Å²) in [5.74, 6) is 0.819. The molecule has 2 heteroatoms. The maximum Gasteiger partial charge on any atom is 0.102 e. The molecule has 0 N–H and O–H groups in total. The Morgan fingerprint density at radius 1 is 1.67 bits per heavy atom. The molecular weight excluding hydrogens is 214 g/mol. The van der Waals surface area contributed by atoms with Crippen molar-refractivity contribution in [2.75, 3.05) is 0 Å². The fourth-order valence-electron chi connectivity index (χ4n) is 1.17. The average Bonchev–Trinajstić information content (AvgIpc) is 2.79. The minimum atomic E-state index is 0.247. The molecule has 1 fully saturated rings. The smallest absolute Gasteiger partial charge is 0.102 e. The molecule has 1 nitrogen and oxygen atoms in total. The lowest BCUT2D eigenvalue weighted by Gasteiger charge is -1.98. The third-order valence-corrected chi connectivity index (χ3v) is 2.15. The normalized spacial score (nSPS) is 21.8. The van der Waals surface area contributed by atoms with E-state index in [4.69, 9.17) is 0 Å². The molecule has 0 heterocycles. The predicted octanol–water partition coefficient (Wildman–Crippen LogP) is 3.54. The largest absolute Gasteiger partial charge is 0.278 e. The molecule has 0 aromatic rings. The summed E-state index contributed by atoms with van der Waals surface area (Å²) in [6, 6.07) is 0. The van der Waals surface area contributed by atoms with Gasteiger partial charge in [-0.2, -0.15) is 0 Å². The molecule has 0 amide bonds. The number of rotatable bonds is 4. The Bertz CT molecular complexity index is 190. The van der Waals surface area contributed by atoms with Crippen LogP contribution in [0.1, 0.15) is 33.1 Å². The summed E-state index contributed by atoms with van der Waals surface area (Å²) in [6.07, 6.45) is 8.15. The van der Waals surface area contributed by atoms with Gasteiger partial charge in [-0.1, -0.05) is 28.9 Å². The van der Waals surface area contributed by atoms with Crippen LogP contribution in [0.5, 0.6) is 0 Å². The first-order chi connectivity index (χ1) is 5.74. The number of aliphatic imine (C=N–C) groups is 1. The molecule has 1 aliphatic carbocycles. The van der Waals surface area contributed by atoms with E-state index in [1.54, 1.807) is 0 Å². The second kappa shape index (κ2) is 4.80. The topological polar surface area (TPSA) is 12.4 Å². The minimum Gasteiger partial charge on any atom is -0.278 e. The highest BCUT2D eigenvalue weighted by Crippen LogP contribution is 2.35. The molecule has 0 aromatic heterocycles. The van der Waals surface area contributed by atoms with Crippen LogP contribution in [0.2, 0.25) is 0 Å². The first kappa shape index (κ1) is 9.97. The van der Waals surface area contributed by atoms with Crippen molar-refractivity contribution in [1.82, 2.24) is 0 Å². The van der Waals surface area contributed by atoms with Crippen molar-refractivity contribution < 1.29 is 0 Å². The molecule has 1 unspecified atom stereocenters. The summed E-state index contributed by atoms with van der Waals surface area (Å²) >= 11 is 3.40. The molecule has 0 aromatic carbocycles. The molecule has 0 radical (unpaired) electrons. The summed E-state index contributed by atoms with van der Waals surface area (Å²) in [4.78, 5) is 4.57. The Hall–Kier alpha value is -0.110. The van der Waals surface area contributed by atoms with Gasteiger partial charge in [-0.25, -0.2) is 0 Å². The third-order valence-electron chi connectivity index (χ3n) is 1.92. The summed E-state index contributed by atoms with van der Waals surface area (Å²) in [7, 11) is 0. The van der Waals surface area contributed by atoms with E-state index in [0.717, 1.165) is 12.3 Å². The first-order valence-corrected chi connectivity index (χ1v) is 5.53. The molecule has 12 heavy (non-hydrogen) atoms. The Morgan fingerprint density at radius 3 is 2.75 bits per heavy atom. The summed E-state index contributed by atoms with van der Waals surface area (Å²) in [5.41, 5.74) is 1.43. The van der Waals surface area contributed by atoms with Crippen LogP contribution in [-0.2, 0) is 0 Å². The zero-order valence-corrected chi connectivity index (χ0v) is 9.34. The van der Waals surface area contributed by atoms with Crippen molar-refractivity contribution in [2.45, 2.75) is 38.1 Å². The van der Waals surface area contributed by atoms with Crippen molar-refractivity contribution in [2.24, 2.45) is 10.9 Å². The molecule has 0 saturated heterocycles. The molecular formula is C10H16BrN. The van der Waals surface area contributed by atoms with Gasteiger partial charge < -0.3 is 0 Å². The standard InChI is InChI=1S/C10H16BrN/c1-3-4-10(9-5-6-9)7-12-8(2)11/h4,7-9H,3,5-6H2,1-2H3/b10-4+,12-7-. The Balaban J connectivity index is 2.48. The summed E-state index contributed by atoms with van der Waals surface area (Å²) < 4.78 is 0. The van der Waals surface area contributed by atoms with Crippen molar-refractivity contribution >= 4 is 22.1 Å². The van der Waals surface area contributed by atoms with Crippen LogP contribution in [0, 0.1) is 5.92 Å². The van der Waals surface area contributed by atoms with Gasteiger partial charge in [0.25, 0.3) is 0 Å². The van der Waals surface area contributed by atoms with E-state index in [0.29, 0.717) is 0 Å². The summed E-state index contributed by atoms with van der Waals surface area (Å²) in [6.45, 7) is 4.21. The number of nitrogens with zero attached hydrogens (tertiary/aromatic N) is 1. The number of allylic oxidation sites excluding steroid dienone is 2. The van der Waals surface area contributed by atoms with Gasteiger partial charge in [0.15, 0.2) is 0 Å². The van der Waals surface area contributed by atoms with Crippen molar-refractivity contribution in [3.05, 3.63) is 11.6 Å². The van der Waals surface area contributed by atoms with E-state index >= 15 is 0 Å². The van der Waals surface area contributed by atoms with Crippen LogP contribution in [0.3, 0.4) is 0 Å². The van der Waals surface area contributed by atoms with E-state index in [-0.39, 0.29) is 4.95 Å². The molecule has 0 aliphatic heterocycles. The molecule has 1 atom stereocenters. The van der Waals surface area contributed by atoms with Crippen LogP contribution in [0.25, 0.3) is 0 Å². The maximum atomic E-state index is 4.33. The van der Waals surface area contributed by atoms with Gasteiger partial charge in [0.2, 0.25) is 0 Å². The van der Waals surface area contributed by atoms with Gasteiger partial charge in [-0.15, -0.1) is 0 Å². The summed E-state index contributed by atoms with van der Waals surface area (Å²) in [5, 5.41) is 0. The molecule has 1 saturated carbocycles. The Labute approximate surface area is 83.1 Å². The monoisotopic (exact) mass is 229 g/mol. The lowest BCUT2D eigenvalue weighted by Crippen LogP contribution is -1.91. The zero-order chi connectivity index (χ0) is 8.97. The average molecular weight is 230 g/mol. The number of hydrogen-bond donors (Lipinski definition) is 0. The van der Waals surface area contributed by atoms with E-state index in [1.807, 2.05) is 13.1 Å². The lowest BCUT2D eigenvalue weighted by molar-refractivity contribution is 1.02. The molecule has 1 rings (SSSR count). The fraction of sp³-hybridized carbons (Fsp3) is 0.700. The highest BCUT2D eigenvalue weighted by atomic mass is 79.9. The van der Waals surface area contributed by atoms with Crippen molar-refractivity contribution in [3.8, 4) is 0 Å². The van der Waals surface area contributed by atoms with Gasteiger partial charge in [-0.05, 0) is 37.7 Å². The fourth-order valence-corrected chi connectivity index (χ4v) is 1.28. The van der Waals surface area contributed by atoms with Gasteiger partial charge in [0, 0.05) is 6.21 Å². The molecule has 68 valence electrons. The minimum absolute atomic E-state index is 0.247. The van der Waals surface area contributed by atoms with E-state index in [1.165, 1.54) is 18.4 Å². The number of hydrogen-bond acceptors (Lipinski definition) is 1. The van der Waals surface area contributed by atoms with Crippen molar-refractivity contribution in [1.29, 1.82) is 0 Å². The van der Waals surface area contributed by atoms with E-state index in [2.05, 4.69) is 33.9 Å². The molecule has 0 bridgehead atoms. The maximum absolute atomic E-state index is 4.33. The zero-order valence-electron chi connectivity index (χ0n) is 7.76. The van der Waals surface area contributed by atoms with Gasteiger partial charge in [0.05, 0.1) is 0 Å². The van der Waals surface area contributed by atoms with Crippen molar-refractivity contribution in [3.63, 3.8) is 0 Å². The van der Waals surface area contributed by atoms with Crippen LogP contribution >= 0.6 is 15.9 Å². The highest BCUT2D eigenvalue weighted by Gasteiger charge is 2.24. The van der Waals surface area contributed by atoms with Crippen LogP contribution in [0.4, 0.5) is 0 Å². The van der Waals surface area contributed by atoms with Crippen LogP contribution in [0.15, 0.2) is 16.6 Å². The predicted molar refractivity (Wildman–Crippen MR) is 58.0 cm³/mol. The number of halogens is 1. The van der Waals surface area contributed by atoms with Gasteiger partial charge >= 0.3 is 0 Å². The Morgan fingerprint density at radius 2 is 2.33 bits per heavy atom. The molecule has 1 aliphatic rings. The quantitative estimate of drug-likeness (QED) is 0.398. The van der Waals surface area contributed by atoms with E-state index < -0.39 is 0 Å².